The molecule has 0 saturated heterocycles. The Labute approximate surface area is 172 Å². The van der Waals surface area contributed by atoms with Gasteiger partial charge in [0.1, 0.15) is 5.54 Å². The second-order valence-electron chi connectivity index (χ2n) is 8.37. The van der Waals surface area contributed by atoms with Crippen LogP contribution in [0.1, 0.15) is 50.8 Å². The maximum atomic E-state index is 9.32. The van der Waals surface area contributed by atoms with Crippen LogP contribution < -0.4 is 15.4 Å². The predicted molar refractivity (Wildman–Crippen MR) is 112 cm³/mol. The molecule has 2 aromatic rings. The summed E-state index contributed by atoms with van der Waals surface area (Å²) in [5.74, 6) is 1.64. The third-order valence-corrected chi connectivity index (χ3v) is 5.63. The fourth-order valence-corrected chi connectivity index (χ4v) is 3.49. The Morgan fingerprint density at radius 1 is 1.28 bits per heavy atom. The van der Waals surface area contributed by atoms with Gasteiger partial charge in [-0.25, -0.2) is 4.98 Å². The first-order chi connectivity index (χ1) is 13.8. The lowest BCUT2D eigenvalue weighted by atomic mass is 9.87. The first kappa shape index (κ1) is 21.1. The predicted octanol–water partition coefficient (Wildman–Crippen LogP) is 3.45. The van der Waals surface area contributed by atoms with Crippen molar-refractivity contribution in [2.75, 3.05) is 19.0 Å². The normalized spacial score (nSPS) is 19.6. The highest BCUT2D eigenvalue weighted by Gasteiger charge is 2.23. The fourth-order valence-electron chi connectivity index (χ4n) is 3.49. The van der Waals surface area contributed by atoms with Crippen molar-refractivity contribution < 1.29 is 4.74 Å². The maximum absolute atomic E-state index is 9.32. The van der Waals surface area contributed by atoms with Gasteiger partial charge in [-0.3, -0.25) is 4.68 Å². The molecule has 0 aliphatic heterocycles. The highest BCUT2D eigenvalue weighted by molar-refractivity contribution is 5.55. The number of nitrogens with one attached hydrogen (secondary N) is 2. The lowest BCUT2D eigenvalue weighted by molar-refractivity contribution is 0.188. The zero-order chi connectivity index (χ0) is 21.0. The minimum atomic E-state index is -0.723. The van der Waals surface area contributed by atoms with Crippen LogP contribution >= 0.6 is 0 Å². The van der Waals surface area contributed by atoms with Gasteiger partial charge >= 0.3 is 0 Å². The SMILES string of the molecule is CN[C@H]1CC[C@H](COc2nc(Nc3cn(C(C)(C)C#N)nc3C)ncc2C)CC1. The molecule has 1 aliphatic carbocycles. The molecule has 1 fully saturated rings. The molecule has 0 aromatic carbocycles. The number of aromatic nitrogens is 4. The molecule has 8 nitrogen and oxygen atoms in total. The molecule has 2 N–H and O–H groups in total. The Bertz CT molecular complexity index is 876. The minimum Gasteiger partial charge on any atom is -0.477 e. The van der Waals surface area contributed by atoms with Crippen LogP contribution in [0.3, 0.4) is 0 Å². The zero-order valence-corrected chi connectivity index (χ0v) is 18.0. The third-order valence-electron chi connectivity index (χ3n) is 5.63. The fraction of sp³-hybridized carbons (Fsp3) is 0.619. The first-order valence-corrected chi connectivity index (χ1v) is 10.2. The average molecular weight is 398 g/mol. The number of anilines is 2. The summed E-state index contributed by atoms with van der Waals surface area (Å²) < 4.78 is 7.71. The molecule has 0 bridgehead atoms. The van der Waals surface area contributed by atoms with Crippen LogP contribution in [-0.2, 0) is 5.54 Å². The van der Waals surface area contributed by atoms with E-state index >= 15 is 0 Å². The van der Waals surface area contributed by atoms with Crippen LogP contribution in [0.2, 0.25) is 0 Å². The second kappa shape index (κ2) is 8.78. The minimum absolute atomic E-state index is 0.460. The van der Waals surface area contributed by atoms with Crippen molar-refractivity contribution in [2.24, 2.45) is 5.92 Å². The van der Waals surface area contributed by atoms with E-state index in [2.05, 4.69) is 31.8 Å². The molecular formula is C21H31N7O. The van der Waals surface area contributed by atoms with E-state index in [4.69, 9.17) is 4.74 Å². The van der Waals surface area contributed by atoms with Gasteiger partial charge in [-0.2, -0.15) is 15.3 Å². The van der Waals surface area contributed by atoms with Crippen LogP contribution in [0.25, 0.3) is 0 Å². The van der Waals surface area contributed by atoms with Gasteiger partial charge in [0.15, 0.2) is 0 Å². The topological polar surface area (TPSA) is 101 Å². The molecule has 1 aliphatic rings. The van der Waals surface area contributed by atoms with Gasteiger partial charge in [-0.05, 0) is 66.3 Å². The van der Waals surface area contributed by atoms with Crippen molar-refractivity contribution in [3.05, 3.63) is 23.7 Å². The van der Waals surface area contributed by atoms with Crippen molar-refractivity contribution >= 4 is 11.6 Å². The molecule has 0 amide bonds. The van der Waals surface area contributed by atoms with Gasteiger partial charge in [0.2, 0.25) is 11.8 Å². The van der Waals surface area contributed by atoms with Gasteiger partial charge in [-0.15, -0.1) is 0 Å². The molecule has 0 unspecified atom stereocenters. The summed E-state index contributed by atoms with van der Waals surface area (Å²) in [6.45, 7) is 8.17. The molecule has 2 heterocycles. The smallest absolute Gasteiger partial charge is 0.230 e. The van der Waals surface area contributed by atoms with E-state index in [9.17, 15) is 5.26 Å². The summed E-state index contributed by atoms with van der Waals surface area (Å²) in [6.07, 6.45) is 8.32. The Balaban J connectivity index is 1.66. The zero-order valence-electron chi connectivity index (χ0n) is 18.0. The van der Waals surface area contributed by atoms with Crippen LogP contribution in [0.4, 0.5) is 11.6 Å². The highest BCUT2D eigenvalue weighted by atomic mass is 16.5. The molecule has 1 saturated carbocycles. The standard InChI is InChI=1S/C21H31N7O/c1-14-10-24-20(25-18-11-28(27-15(18)2)21(3,4)13-22)26-19(14)29-12-16-6-8-17(23-5)9-7-16/h10-11,16-17,23H,6-9,12H2,1-5H3,(H,24,25,26)/t16-,17-. The highest BCUT2D eigenvalue weighted by Crippen LogP contribution is 2.27. The van der Waals surface area contributed by atoms with E-state index in [1.807, 2.05) is 40.9 Å². The summed E-state index contributed by atoms with van der Waals surface area (Å²) in [4.78, 5) is 8.93. The molecule has 8 heteroatoms. The van der Waals surface area contributed by atoms with Crippen LogP contribution in [-0.4, -0.2) is 39.4 Å². The summed E-state index contributed by atoms with van der Waals surface area (Å²) in [6, 6.07) is 2.89. The van der Waals surface area contributed by atoms with E-state index in [-0.39, 0.29) is 0 Å². The van der Waals surface area contributed by atoms with Gasteiger partial charge < -0.3 is 15.4 Å². The third kappa shape index (κ3) is 5.04. The molecule has 156 valence electrons. The largest absolute Gasteiger partial charge is 0.477 e. The molecule has 29 heavy (non-hydrogen) atoms. The van der Waals surface area contributed by atoms with Gasteiger partial charge in [0.25, 0.3) is 0 Å². The number of rotatable bonds is 7. The number of hydrogen-bond acceptors (Lipinski definition) is 7. The Morgan fingerprint density at radius 3 is 2.66 bits per heavy atom. The Hall–Kier alpha value is -2.66. The summed E-state index contributed by atoms with van der Waals surface area (Å²) in [7, 11) is 2.03. The molecule has 3 rings (SSSR count). The second-order valence-corrected chi connectivity index (χ2v) is 8.37. The quantitative estimate of drug-likeness (QED) is 0.738. The monoisotopic (exact) mass is 397 g/mol. The molecule has 0 atom stereocenters. The molecule has 0 spiro atoms. The lowest BCUT2D eigenvalue weighted by Gasteiger charge is -2.28. The maximum Gasteiger partial charge on any atom is 0.230 e. The van der Waals surface area contributed by atoms with Gasteiger partial charge in [-0.1, -0.05) is 0 Å². The van der Waals surface area contributed by atoms with Crippen molar-refractivity contribution in [3.8, 4) is 11.9 Å². The van der Waals surface area contributed by atoms with E-state index < -0.39 is 5.54 Å². The first-order valence-electron chi connectivity index (χ1n) is 10.2. The van der Waals surface area contributed by atoms with Crippen molar-refractivity contribution in [1.82, 2.24) is 25.1 Å². The number of nitriles is 1. The number of nitrogens with zero attached hydrogens (tertiary/aromatic N) is 5. The van der Waals surface area contributed by atoms with E-state index in [0.29, 0.717) is 30.4 Å². The molecule has 0 radical (unpaired) electrons. The van der Waals surface area contributed by atoms with E-state index in [1.54, 1.807) is 10.9 Å². The van der Waals surface area contributed by atoms with Crippen molar-refractivity contribution in [3.63, 3.8) is 0 Å². The van der Waals surface area contributed by atoms with Crippen LogP contribution in [0.5, 0.6) is 5.88 Å². The van der Waals surface area contributed by atoms with Gasteiger partial charge in [0.05, 0.1) is 30.3 Å². The number of aryl methyl sites for hydroxylation is 2. The molecule has 2 aromatic heterocycles. The van der Waals surface area contributed by atoms with E-state index in [1.165, 1.54) is 25.7 Å². The van der Waals surface area contributed by atoms with Crippen LogP contribution in [0.15, 0.2) is 12.4 Å². The van der Waals surface area contributed by atoms with Crippen molar-refractivity contribution in [1.29, 1.82) is 5.26 Å². The Kier molecular flexibility index (Phi) is 6.38. The average Bonchev–Trinajstić information content (AvgIpc) is 3.10. The Morgan fingerprint density at radius 2 is 2.00 bits per heavy atom. The summed E-state index contributed by atoms with van der Waals surface area (Å²) in [5, 5.41) is 20.3. The number of ether oxygens (including phenoxy) is 1. The summed E-state index contributed by atoms with van der Waals surface area (Å²) >= 11 is 0. The lowest BCUT2D eigenvalue weighted by Crippen LogP contribution is -2.31. The molecular weight excluding hydrogens is 366 g/mol. The van der Waals surface area contributed by atoms with E-state index in [0.717, 1.165) is 16.9 Å². The van der Waals surface area contributed by atoms with Gasteiger partial charge in [0, 0.05) is 17.8 Å². The van der Waals surface area contributed by atoms with Crippen LogP contribution in [0, 0.1) is 31.1 Å². The van der Waals surface area contributed by atoms with Crippen molar-refractivity contribution in [2.45, 2.75) is 65.0 Å². The number of hydrogen-bond donors (Lipinski definition) is 2. The summed E-state index contributed by atoms with van der Waals surface area (Å²) in [5.41, 5.74) is 1.74.